The normalized spacial score (nSPS) is 12.3. The predicted octanol–water partition coefficient (Wildman–Crippen LogP) is 2.57. The molecule has 0 saturated heterocycles. The Morgan fingerprint density at radius 2 is 1.87 bits per heavy atom. The van der Waals surface area contributed by atoms with Crippen LogP contribution in [0.3, 0.4) is 0 Å². The molecule has 0 aliphatic rings. The molecule has 23 heavy (non-hydrogen) atoms. The van der Waals surface area contributed by atoms with E-state index >= 15 is 0 Å². The lowest BCUT2D eigenvalue weighted by Gasteiger charge is -2.19. The van der Waals surface area contributed by atoms with E-state index in [1.165, 1.54) is 0 Å². The van der Waals surface area contributed by atoms with Crippen molar-refractivity contribution in [3.8, 4) is 0 Å². The predicted molar refractivity (Wildman–Crippen MR) is 90.6 cm³/mol. The number of benzene rings is 2. The van der Waals surface area contributed by atoms with Crippen molar-refractivity contribution in [2.75, 3.05) is 0 Å². The third kappa shape index (κ3) is 2.96. The van der Waals surface area contributed by atoms with Gasteiger partial charge in [0, 0.05) is 6.42 Å². The summed E-state index contributed by atoms with van der Waals surface area (Å²) in [5.74, 6) is 6.03. The Bertz CT molecular complexity index is 810. The molecule has 1 atom stereocenters. The first-order valence-corrected chi connectivity index (χ1v) is 7.74. The van der Waals surface area contributed by atoms with Crippen molar-refractivity contribution in [1.29, 1.82) is 0 Å². The Kier molecular flexibility index (Phi) is 4.39. The first kappa shape index (κ1) is 15.2. The third-order valence-electron chi connectivity index (χ3n) is 4.02. The molecule has 0 radical (unpaired) electrons. The summed E-state index contributed by atoms with van der Waals surface area (Å²) in [5.41, 5.74) is 5.27. The SMILES string of the molecule is CCC(C(=O)NN)n1c(Cc2ccccc2)nc2ccccc21. The number of carbonyl (C=O) groups is 1. The molecule has 3 rings (SSSR count). The fourth-order valence-electron chi connectivity index (χ4n) is 2.93. The molecule has 1 unspecified atom stereocenters. The van der Waals surface area contributed by atoms with E-state index in [-0.39, 0.29) is 11.9 Å². The fraction of sp³-hybridized carbons (Fsp3) is 0.222. The van der Waals surface area contributed by atoms with Gasteiger partial charge in [-0.2, -0.15) is 0 Å². The van der Waals surface area contributed by atoms with Gasteiger partial charge in [0.05, 0.1) is 11.0 Å². The molecular weight excluding hydrogens is 288 g/mol. The average Bonchev–Trinajstić information content (AvgIpc) is 2.94. The van der Waals surface area contributed by atoms with Crippen LogP contribution in [0.1, 0.15) is 30.8 Å². The largest absolute Gasteiger partial charge is 0.315 e. The molecule has 1 amide bonds. The van der Waals surface area contributed by atoms with Gasteiger partial charge in [0.1, 0.15) is 11.9 Å². The standard InChI is InChI=1S/C18H20N4O/c1-2-15(18(23)21-19)22-16-11-7-6-10-14(16)20-17(22)12-13-8-4-3-5-9-13/h3-11,15H,2,12,19H2,1H3,(H,21,23). The van der Waals surface area contributed by atoms with Gasteiger partial charge >= 0.3 is 0 Å². The highest BCUT2D eigenvalue weighted by Crippen LogP contribution is 2.25. The number of carbonyl (C=O) groups excluding carboxylic acids is 1. The van der Waals surface area contributed by atoms with Crippen LogP contribution in [0.2, 0.25) is 0 Å². The summed E-state index contributed by atoms with van der Waals surface area (Å²) in [7, 11) is 0. The zero-order valence-electron chi connectivity index (χ0n) is 13.1. The summed E-state index contributed by atoms with van der Waals surface area (Å²) in [5, 5.41) is 0. The summed E-state index contributed by atoms with van der Waals surface area (Å²) < 4.78 is 2.00. The lowest BCUT2D eigenvalue weighted by molar-refractivity contribution is -0.124. The van der Waals surface area contributed by atoms with Crippen molar-refractivity contribution in [2.24, 2.45) is 5.84 Å². The van der Waals surface area contributed by atoms with Gasteiger partial charge in [0.25, 0.3) is 5.91 Å². The third-order valence-corrected chi connectivity index (χ3v) is 4.02. The summed E-state index contributed by atoms with van der Waals surface area (Å²) in [4.78, 5) is 16.9. The molecule has 0 bridgehead atoms. The zero-order valence-corrected chi connectivity index (χ0v) is 13.1. The van der Waals surface area contributed by atoms with Crippen LogP contribution in [0.5, 0.6) is 0 Å². The second-order valence-electron chi connectivity index (χ2n) is 5.48. The van der Waals surface area contributed by atoms with E-state index in [0.717, 1.165) is 22.4 Å². The van der Waals surface area contributed by atoms with Crippen LogP contribution in [-0.4, -0.2) is 15.5 Å². The second kappa shape index (κ2) is 6.62. The van der Waals surface area contributed by atoms with Crippen LogP contribution in [0.15, 0.2) is 54.6 Å². The molecule has 5 nitrogen and oxygen atoms in total. The molecule has 0 saturated carbocycles. The minimum absolute atomic E-state index is 0.204. The van der Waals surface area contributed by atoms with Gasteiger partial charge in [-0.05, 0) is 24.1 Å². The molecule has 3 N–H and O–H groups in total. The number of hydrogen-bond acceptors (Lipinski definition) is 3. The topological polar surface area (TPSA) is 72.9 Å². The number of aromatic nitrogens is 2. The minimum Gasteiger partial charge on any atom is -0.315 e. The van der Waals surface area contributed by atoms with Gasteiger partial charge in [-0.3, -0.25) is 10.2 Å². The van der Waals surface area contributed by atoms with E-state index < -0.39 is 0 Å². The maximum atomic E-state index is 12.2. The molecule has 118 valence electrons. The highest BCUT2D eigenvalue weighted by Gasteiger charge is 2.23. The monoisotopic (exact) mass is 308 g/mol. The van der Waals surface area contributed by atoms with Crippen molar-refractivity contribution in [3.05, 3.63) is 66.0 Å². The summed E-state index contributed by atoms with van der Waals surface area (Å²) in [6.45, 7) is 1.97. The summed E-state index contributed by atoms with van der Waals surface area (Å²) >= 11 is 0. The molecule has 0 aliphatic heterocycles. The summed E-state index contributed by atoms with van der Waals surface area (Å²) in [6.07, 6.45) is 1.31. The fourth-order valence-corrected chi connectivity index (χ4v) is 2.93. The van der Waals surface area contributed by atoms with Gasteiger partial charge < -0.3 is 4.57 Å². The molecule has 5 heteroatoms. The van der Waals surface area contributed by atoms with E-state index in [0.29, 0.717) is 12.8 Å². The van der Waals surface area contributed by atoms with Gasteiger partial charge in [0.15, 0.2) is 0 Å². The average molecular weight is 308 g/mol. The number of hydrazine groups is 1. The number of nitrogens with zero attached hydrogens (tertiary/aromatic N) is 2. The van der Waals surface area contributed by atoms with Gasteiger partial charge in [-0.1, -0.05) is 49.4 Å². The molecule has 0 aliphatic carbocycles. The smallest absolute Gasteiger partial charge is 0.256 e. The second-order valence-corrected chi connectivity index (χ2v) is 5.48. The van der Waals surface area contributed by atoms with E-state index in [2.05, 4.69) is 17.6 Å². The molecule has 1 heterocycles. The number of nitrogens with two attached hydrogens (primary N) is 1. The van der Waals surface area contributed by atoms with E-state index in [4.69, 9.17) is 10.8 Å². The lowest BCUT2D eigenvalue weighted by atomic mass is 10.1. The van der Waals surface area contributed by atoms with Crippen molar-refractivity contribution < 1.29 is 4.79 Å². The van der Waals surface area contributed by atoms with E-state index in [1.807, 2.05) is 54.0 Å². The lowest BCUT2D eigenvalue weighted by Crippen LogP contribution is -2.37. The Balaban J connectivity index is 2.13. The molecule has 0 fully saturated rings. The molecule has 0 spiro atoms. The molecule has 1 aromatic heterocycles. The maximum absolute atomic E-state index is 12.2. The van der Waals surface area contributed by atoms with Crippen LogP contribution in [0.4, 0.5) is 0 Å². The van der Waals surface area contributed by atoms with Crippen LogP contribution >= 0.6 is 0 Å². The Morgan fingerprint density at radius 3 is 2.57 bits per heavy atom. The number of nitrogens with one attached hydrogen (secondary N) is 1. The van der Waals surface area contributed by atoms with Gasteiger partial charge in [-0.25, -0.2) is 10.8 Å². The van der Waals surface area contributed by atoms with Crippen molar-refractivity contribution in [2.45, 2.75) is 25.8 Å². The number of para-hydroxylation sites is 2. The number of fused-ring (bicyclic) bond motifs is 1. The Morgan fingerprint density at radius 1 is 1.17 bits per heavy atom. The number of imidazole rings is 1. The highest BCUT2D eigenvalue weighted by atomic mass is 16.2. The van der Waals surface area contributed by atoms with Crippen molar-refractivity contribution >= 4 is 16.9 Å². The molecule has 3 aromatic rings. The highest BCUT2D eigenvalue weighted by molar-refractivity contribution is 5.84. The molecule has 2 aromatic carbocycles. The quantitative estimate of drug-likeness (QED) is 0.432. The number of hydrogen-bond donors (Lipinski definition) is 2. The van der Waals surface area contributed by atoms with Crippen molar-refractivity contribution in [1.82, 2.24) is 15.0 Å². The van der Waals surface area contributed by atoms with Crippen LogP contribution in [-0.2, 0) is 11.2 Å². The van der Waals surface area contributed by atoms with Crippen LogP contribution in [0, 0.1) is 0 Å². The zero-order chi connectivity index (χ0) is 16.2. The van der Waals surface area contributed by atoms with E-state index in [9.17, 15) is 4.79 Å². The Hall–Kier alpha value is -2.66. The Labute approximate surface area is 135 Å². The molecular formula is C18H20N4O. The van der Waals surface area contributed by atoms with Crippen LogP contribution in [0.25, 0.3) is 11.0 Å². The maximum Gasteiger partial charge on any atom is 0.256 e. The first-order chi connectivity index (χ1) is 11.2. The summed E-state index contributed by atoms with van der Waals surface area (Å²) in [6, 6.07) is 17.6. The van der Waals surface area contributed by atoms with Gasteiger partial charge in [-0.15, -0.1) is 0 Å². The van der Waals surface area contributed by atoms with Crippen LogP contribution < -0.4 is 11.3 Å². The number of rotatable bonds is 5. The van der Waals surface area contributed by atoms with Gasteiger partial charge in [0.2, 0.25) is 0 Å². The van der Waals surface area contributed by atoms with Crippen molar-refractivity contribution in [3.63, 3.8) is 0 Å². The van der Waals surface area contributed by atoms with E-state index in [1.54, 1.807) is 0 Å². The minimum atomic E-state index is -0.369. The number of amides is 1. The first-order valence-electron chi connectivity index (χ1n) is 7.74.